The van der Waals surface area contributed by atoms with Crippen LogP contribution in [-0.2, 0) is 4.79 Å². The summed E-state index contributed by atoms with van der Waals surface area (Å²) in [7, 11) is 0. The van der Waals surface area contributed by atoms with E-state index in [0.717, 1.165) is 0 Å². The van der Waals surface area contributed by atoms with Gasteiger partial charge in [-0.1, -0.05) is 12.1 Å². The van der Waals surface area contributed by atoms with E-state index in [9.17, 15) is 9.59 Å². The summed E-state index contributed by atoms with van der Waals surface area (Å²) < 4.78 is 5.64. The van der Waals surface area contributed by atoms with Crippen LogP contribution in [-0.4, -0.2) is 35.8 Å². The molecule has 0 spiro atoms. The molecule has 0 radical (unpaired) electrons. The molecule has 104 valence electrons. The summed E-state index contributed by atoms with van der Waals surface area (Å²) in [6, 6.07) is 6.98. The monoisotopic (exact) mass is 263 g/mol. The number of ether oxygens (including phenoxy) is 1. The molecule has 0 aromatic heterocycles. The third-order valence-electron chi connectivity index (χ3n) is 2.99. The van der Waals surface area contributed by atoms with Crippen molar-refractivity contribution in [1.29, 1.82) is 0 Å². The van der Waals surface area contributed by atoms with Gasteiger partial charge in [0, 0.05) is 13.1 Å². The molecule has 1 rings (SSSR count). The maximum atomic E-state index is 12.1. The lowest BCUT2D eigenvalue weighted by atomic mass is 10.1. The highest BCUT2D eigenvalue weighted by Crippen LogP contribution is 2.20. The minimum atomic E-state index is -0.597. The maximum Gasteiger partial charge on any atom is 0.263 e. The number of Topliss-reactive ketones (excluding diaryl/α,β-unsaturated/α-hetero) is 1. The van der Waals surface area contributed by atoms with Crippen LogP contribution in [0.3, 0.4) is 0 Å². The number of carbonyl (C=O) groups is 2. The van der Waals surface area contributed by atoms with Gasteiger partial charge in [-0.3, -0.25) is 9.59 Å². The van der Waals surface area contributed by atoms with Gasteiger partial charge in [0.25, 0.3) is 5.91 Å². The van der Waals surface area contributed by atoms with E-state index in [2.05, 4.69) is 0 Å². The van der Waals surface area contributed by atoms with Gasteiger partial charge in [-0.25, -0.2) is 0 Å². The van der Waals surface area contributed by atoms with Gasteiger partial charge in [0.1, 0.15) is 5.75 Å². The van der Waals surface area contributed by atoms with E-state index < -0.39 is 6.10 Å². The van der Waals surface area contributed by atoms with Crippen molar-refractivity contribution in [3.8, 4) is 5.75 Å². The fraction of sp³-hybridized carbons (Fsp3) is 0.467. The van der Waals surface area contributed by atoms with Crippen LogP contribution in [0.2, 0.25) is 0 Å². The number of rotatable bonds is 6. The minimum Gasteiger partial charge on any atom is -0.480 e. The van der Waals surface area contributed by atoms with Crippen LogP contribution in [0.5, 0.6) is 5.75 Å². The largest absolute Gasteiger partial charge is 0.480 e. The normalized spacial score (nSPS) is 11.8. The highest BCUT2D eigenvalue weighted by molar-refractivity contribution is 5.96. The predicted octanol–water partition coefficient (Wildman–Crippen LogP) is 2.52. The number of likely N-dealkylation sites (N-methyl/N-ethyl adjacent to an activating group) is 1. The van der Waals surface area contributed by atoms with Crippen molar-refractivity contribution in [2.75, 3.05) is 13.1 Å². The lowest BCUT2D eigenvalue weighted by Gasteiger charge is -2.24. The van der Waals surface area contributed by atoms with E-state index in [-0.39, 0.29) is 11.7 Å². The molecule has 0 heterocycles. The number of nitrogens with zero attached hydrogens (tertiary/aromatic N) is 1. The SMILES string of the molecule is CCN(CC)C(=O)C(C)Oc1ccccc1C(C)=O. The van der Waals surface area contributed by atoms with Gasteiger partial charge in [-0.05, 0) is 39.8 Å². The second kappa shape index (κ2) is 6.92. The van der Waals surface area contributed by atoms with Gasteiger partial charge in [-0.2, -0.15) is 0 Å². The average Bonchev–Trinajstić information content (AvgIpc) is 2.40. The highest BCUT2D eigenvalue weighted by Gasteiger charge is 2.21. The molecule has 1 atom stereocenters. The van der Waals surface area contributed by atoms with Crippen molar-refractivity contribution in [2.45, 2.75) is 33.8 Å². The topological polar surface area (TPSA) is 46.6 Å². The molecular weight excluding hydrogens is 242 g/mol. The fourth-order valence-electron chi connectivity index (χ4n) is 1.89. The van der Waals surface area contributed by atoms with E-state index in [1.807, 2.05) is 13.8 Å². The Bertz CT molecular complexity index is 452. The molecule has 1 amide bonds. The first kappa shape index (κ1) is 15.2. The smallest absolute Gasteiger partial charge is 0.263 e. The molecule has 0 aliphatic heterocycles. The highest BCUT2D eigenvalue weighted by atomic mass is 16.5. The number of carbonyl (C=O) groups excluding carboxylic acids is 2. The Hall–Kier alpha value is -1.84. The summed E-state index contributed by atoms with van der Waals surface area (Å²) in [6.45, 7) is 8.35. The number of hydrogen-bond acceptors (Lipinski definition) is 3. The van der Waals surface area contributed by atoms with E-state index in [1.165, 1.54) is 6.92 Å². The summed E-state index contributed by atoms with van der Waals surface area (Å²) in [4.78, 5) is 25.3. The van der Waals surface area contributed by atoms with Crippen LogP contribution in [0.15, 0.2) is 24.3 Å². The molecule has 0 saturated carbocycles. The zero-order valence-corrected chi connectivity index (χ0v) is 12.0. The summed E-state index contributed by atoms with van der Waals surface area (Å²) in [5.74, 6) is 0.324. The third-order valence-corrected chi connectivity index (χ3v) is 2.99. The van der Waals surface area contributed by atoms with Gasteiger partial charge in [-0.15, -0.1) is 0 Å². The fourth-order valence-corrected chi connectivity index (χ4v) is 1.89. The number of hydrogen-bond donors (Lipinski definition) is 0. The first-order chi connectivity index (χ1) is 9.01. The molecule has 19 heavy (non-hydrogen) atoms. The number of amides is 1. The van der Waals surface area contributed by atoms with Crippen molar-refractivity contribution in [1.82, 2.24) is 4.90 Å². The van der Waals surface area contributed by atoms with Gasteiger partial charge in [0.15, 0.2) is 11.9 Å². The Morgan fingerprint density at radius 1 is 1.21 bits per heavy atom. The number of ketones is 1. The van der Waals surface area contributed by atoms with E-state index in [4.69, 9.17) is 4.74 Å². The van der Waals surface area contributed by atoms with Gasteiger partial charge in [0.2, 0.25) is 0 Å². The van der Waals surface area contributed by atoms with E-state index >= 15 is 0 Å². The van der Waals surface area contributed by atoms with Gasteiger partial charge in [0.05, 0.1) is 5.56 Å². The van der Waals surface area contributed by atoms with Crippen LogP contribution >= 0.6 is 0 Å². The van der Waals surface area contributed by atoms with Crippen molar-refractivity contribution >= 4 is 11.7 Å². The summed E-state index contributed by atoms with van der Waals surface area (Å²) >= 11 is 0. The predicted molar refractivity (Wildman–Crippen MR) is 74.5 cm³/mol. The van der Waals surface area contributed by atoms with Crippen LogP contribution < -0.4 is 4.74 Å². The Kier molecular flexibility index (Phi) is 5.55. The van der Waals surface area contributed by atoms with Crippen LogP contribution in [0, 0.1) is 0 Å². The minimum absolute atomic E-state index is 0.0663. The molecule has 0 N–H and O–H groups in total. The zero-order chi connectivity index (χ0) is 14.4. The second-order valence-corrected chi connectivity index (χ2v) is 4.32. The molecule has 0 saturated heterocycles. The van der Waals surface area contributed by atoms with Crippen molar-refractivity contribution in [3.05, 3.63) is 29.8 Å². The third kappa shape index (κ3) is 3.81. The first-order valence-electron chi connectivity index (χ1n) is 6.56. The molecule has 0 fully saturated rings. The first-order valence-corrected chi connectivity index (χ1v) is 6.56. The van der Waals surface area contributed by atoms with Crippen LogP contribution in [0.25, 0.3) is 0 Å². The Balaban J connectivity index is 2.85. The van der Waals surface area contributed by atoms with E-state index in [0.29, 0.717) is 24.4 Å². The zero-order valence-electron chi connectivity index (χ0n) is 12.0. The van der Waals surface area contributed by atoms with E-state index in [1.54, 1.807) is 36.1 Å². The molecule has 4 heteroatoms. The number of benzene rings is 1. The van der Waals surface area contributed by atoms with Crippen molar-refractivity contribution < 1.29 is 14.3 Å². The molecule has 1 unspecified atom stereocenters. The van der Waals surface area contributed by atoms with Gasteiger partial charge >= 0.3 is 0 Å². The Morgan fingerprint density at radius 3 is 2.32 bits per heavy atom. The van der Waals surface area contributed by atoms with Crippen molar-refractivity contribution in [3.63, 3.8) is 0 Å². The number of para-hydroxylation sites is 1. The lowest BCUT2D eigenvalue weighted by molar-refractivity contribution is -0.137. The average molecular weight is 263 g/mol. The molecular formula is C15H21NO3. The van der Waals surface area contributed by atoms with Crippen molar-refractivity contribution in [2.24, 2.45) is 0 Å². The summed E-state index contributed by atoms with van der Waals surface area (Å²) in [6.07, 6.45) is -0.597. The molecule has 0 aliphatic carbocycles. The Morgan fingerprint density at radius 2 is 1.79 bits per heavy atom. The van der Waals surface area contributed by atoms with Gasteiger partial charge < -0.3 is 9.64 Å². The van der Waals surface area contributed by atoms with Crippen LogP contribution in [0.4, 0.5) is 0 Å². The second-order valence-electron chi connectivity index (χ2n) is 4.32. The van der Waals surface area contributed by atoms with Crippen LogP contribution in [0.1, 0.15) is 38.1 Å². The maximum absolute atomic E-state index is 12.1. The molecule has 0 bridgehead atoms. The standard InChI is InChI=1S/C15H21NO3/c1-5-16(6-2)15(18)12(4)19-14-10-8-7-9-13(14)11(3)17/h7-10,12H,5-6H2,1-4H3. The lowest BCUT2D eigenvalue weighted by Crippen LogP contribution is -2.40. The molecule has 0 aliphatic rings. The molecule has 1 aromatic carbocycles. The Labute approximate surface area is 114 Å². The quantitative estimate of drug-likeness (QED) is 0.741. The molecule has 1 aromatic rings. The summed E-state index contributed by atoms with van der Waals surface area (Å²) in [5.41, 5.74) is 0.502. The summed E-state index contributed by atoms with van der Waals surface area (Å²) in [5, 5.41) is 0. The molecule has 4 nitrogen and oxygen atoms in total.